The van der Waals surface area contributed by atoms with E-state index < -0.39 is 11.6 Å². The van der Waals surface area contributed by atoms with Gasteiger partial charge in [0.05, 0.1) is 0 Å². The molecule has 2 rings (SSSR count). The normalized spacial score (nSPS) is 10.4. The molecule has 0 unspecified atom stereocenters. The molecule has 0 radical (unpaired) electrons. The van der Waals surface area contributed by atoms with Gasteiger partial charge in [0.15, 0.2) is 0 Å². The third-order valence-corrected chi connectivity index (χ3v) is 2.33. The van der Waals surface area contributed by atoms with E-state index in [1.807, 2.05) is 0 Å². The molecule has 2 aromatic rings. The predicted octanol–water partition coefficient (Wildman–Crippen LogP) is 2.26. The van der Waals surface area contributed by atoms with Crippen LogP contribution >= 0.6 is 0 Å². The van der Waals surface area contributed by atoms with E-state index in [1.54, 1.807) is 6.92 Å². The second kappa shape index (κ2) is 4.95. The summed E-state index contributed by atoms with van der Waals surface area (Å²) in [6.07, 6.45) is 0. The van der Waals surface area contributed by atoms with Gasteiger partial charge in [0.2, 0.25) is 0 Å². The molecule has 0 aliphatic carbocycles. The molecule has 1 heterocycles. The van der Waals surface area contributed by atoms with E-state index in [0.29, 0.717) is 17.5 Å². The summed E-state index contributed by atoms with van der Waals surface area (Å²) in [5, 5.41) is 2.87. The Balaban J connectivity index is 2.13. The van der Waals surface area contributed by atoms with Gasteiger partial charge in [-0.15, -0.1) is 0 Å². The number of hydrogen-bond donors (Lipinski definition) is 2. The first kappa shape index (κ1) is 12.2. The molecule has 0 atom stereocenters. The van der Waals surface area contributed by atoms with Gasteiger partial charge in [-0.1, -0.05) is 0 Å². The van der Waals surface area contributed by atoms with Crippen LogP contribution in [0.4, 0.5) is 20.4 Å². The zero-order valence-electron chi connectivity index (χ0n) is 9.74. The first-order valence-corrected chi connectivity index (χ1v) is 5.33. The smallest absolute Gasteiger partial charge is 0.132 e. The average Bonchev–Trinajstić information content (AvgIpc) is 2.29. The molecule has 0 amide bonds. The number of nitrogen functional groups attached to an aromatic ring is 1. The van der Waals surface area contributed by atoms with E-state index in [9.17, 15) is 8.78 Å². The Kier molecular flexibility index (Phi) is 3.36. The number of halogens is 2. The number of nitrogens with one attached hydrogen (secondary N) is 1. The van der Waals surface area contributed by atoms with Crippen molar-refractivity contribution in [1.29, 1.82) is 0 Å². The number of benzene rings is 1. The maximum Gasteiger partial charge on any atom is 0.132 e. The second-order valence-electron chi connectivity index (χ2n) is 3.81. The minimum absolute atomic E-state index is 0.124. The highest BCUT2D eigenvalue weighted by Crippen LogP contribution is 2.13. The van der Waals surface area contributed by atoms with Crippen molar-refractivity contribution >= 4 is 11.6 Å². The Hall–Kier alpha value is -2.24. The summed E-state index contributed by atoms with van der Waals surface area (Å²) in [5.74, 6) is 0.361. The van der Waals surface area contributed by atoms with Crippen LogP contribution in [-0.4, -0.2) is 9.97 Å². The maximum atomic E-state index is 13.4. The highest BCUT2D eigenvalue weighted by atomic mass is 19.1. The van der Waals surface area contributed by atoms with Gasteiger partial charge in [-0.05, 0) is 25.1 Å². The summed E-state index contributed by atoms with van der Waals surface area (Å²) >= 11 is 0. The van der Waals surface area contributed by atoms with Crippen molar-refractivity contribution in [2.45, 2.75) is 13.5 Å². The molecule has 94 valence electrons. The van der Waals surface area contributed by atoms with Gasteiger partial charge in [-0.3, -0.25) is 0 Å². The Labute approximate surface area is 103 Å². The third kappa shape index (κ3) is 2.91. The van der Waals surface area contributed by atoms with Crippen molar-refractivity contribution in [3.8, 4) is 0 Å². The van der Waals surface area contributed by atoms with Crippen molar-refractivity contribution in [1.82, 2.24) is 9.97 Å². The molecular weight excluding hydrogens is 238 g/mol. The van der Waals surface area contributed by atoms with Gasteiger partial charge < -0.3 is 11.1 Å². The molecule has 4 nitrogen and oxygen atoms in total. The zero-order chi connectivity index (χ0) is 13.1. The van der Waals surface area contributed by atoms with E-state index in [4.69, 9.17) is 5.73 Å². The summed E-state index contributed by atoms with van der Waals surface area (Å²) < 4.78 is 26.3. The van der Waals surface area contributed by atoms with Gasteiger partial charge >= 0.3 is 0 Å². The second-order valence-corrected chi connectivity index (χ2v) is 3.81. The molecule has 0 saturated heterocycles. The topological polar surface area (TPSA) is 63.8 Å². The molecule has 0 bridgehead atoms. The van der Waals surface area contributed by atoms with Crippen LogP contribution in [0.3, 0.4) is 0 Å². The fourth-order valence-electron chi connectivity index (χ4n) is 1.55. The van der Waals surface area contributed by atoms with E-state index in [-0.39, 0.29) is 12.1 Å². The van der Waals surface area contributed by atoms with E-state index in [1.165, 1.54) is 6.07 Å². The van der Waals surface area contributed by atoms with Gasteiger partial charge in [-0.25, -0.2) is 18.7 Å². The number of nitrogens with two attached hydrogens (primary N) is 1. The SMILES string of the molecule is Cc1nc(N)cc(NCc2cc(F)ccc2F)n1. The van der Waals surface area contributed by atoms with Crippen LogP contribution in [0.5, 0.6) is 0 Å². The van der Waals surface area contributed by atoms with Crippen LogP contribution in [0, 0.1) is 18.6 Å². The molecular formula is C12H12F2N4. The van der Waals surface area contributed by atoms with Gasteiger partial charge in [0.25, 0.3) is 0 Å². The Morgan fingerprint density at radius 1 is 1.22 bits per heavy atom. The summed E-state index contributed by atoms with van der Waals surface area (Å²) in [7, 11) is 0. The van der Waals surface area contributed by atoms with Crippen molar-refractivity contribution in [3.05, 3.63) is 47.3 Å². The van der Waals surface area contributed by atoms with Gasteiger partial charge in [0.1, 0.15) is 29.1 Å². The van der Waals surface area contributed by atoms with Crippen LogP contribution in [0.25, 0.3) is 0 Å². The zero-order valence-corrected chi connectivity index (χ0v) is 9.74. The van der Waals surface area contributed by atoms with Crippen molar-refractivity contribution in [2.75, 3.05) is 11.1 Å². The fourth-order valence-corrected chi connectivity index (χ4v) is 1.55. The minimum Gasteiger partial charge on any atom is -0.384 e. The lowest BCUT2D eigenvalue weighted by molar-refractivity contribution is 0.587. The molecule has 0 aliphatic rings. The summed E-state index contributed by atoms with van der Waals surface area (Å²) in [6, 6.07) is 4.83. The number of rotatable bonds is 3. The summed E-state index contributed by atoms with van der Waals surface area (Å²) in [4.78, 5) is 8.00. The minimum atomic E-state index is -0.480. The van der Waals surface area contributed by atoms with Crippen LogP contribution in [-0.2, 0) is 6.54 Å². The first-order chi connectivity index (χ1) is 8.54. The first-order valence-electron chi connectivity index (χ1n) is 5.33. The monoisotopic (exact) mass is 250 g/mol. The fraction of sp³-hybridized carbons (Fsp3) is 0.167. The number of nitrogens with zero attached hydrogens (tertiary/aromatic N) is 2. The molecule has 6 heteroatoms. The molecule has 0 aliphatic heterocycles. The molecule has 3 N–H and O–H groups in total. The molecule has 1 aromatic heterocycles. The maximum absolute atomic E-state index is 13.4. The summed E-state index contributed by atoms with van der Waals surface area (Å²) in [5.41, 5.74) is 5.78. The molecule has 1 aromatic carbocycles. The number of aromatic nitrogens is 2. The number of anilines is 2. The van der Waals surface area contributed by atoms with E-state index >= 15 is 0 Å². The molecule has 0 fully saturated rings. The quantitative estimate of drug-likeness (QED) is 0.877. The van der Waals surface area contributed by atoms with Crippen molar-refractivity contribution < 1.29 is 8.78 Å². The lowest BCUT2D eigenvalue weighted by atomic mass is 10.2. The average molecular weight is 250 g/mol. The number of aryl methyl sites for hydroxylation is 1. The lowest BCUT2D eigenvalue weighted by Gasteiger charge is -2.08. The largest absolute Gasteiger partial charge is 0.384 e. The Morgan fingerprint density at radius 3 is 2.72 bits per heavy atom. The Morgan fingerprint density at radius 2 is 2.00 bits per heavy atom. The number of hydrogen-bond acceptors (Lipinski definition) is 4. The highest BCUT2D eigenvalue weighted by molar-refractivity contribution is 5.45. The van der Waals surface area contributed by atoms with Gasteiger partial charge in [-0.2, -0.15) is 0 Å². The van der Waals surface area contributed by atoms with Crippen LogP contribution < -0.4 is 11.1 Å². The van der Waals surface area contributed by atoms with Crippen LogP contribution in [0.1, 0.15) is 11.4 Å². The third-order valence-electron chi connectivity index (χ3n) is 2.33. The van der Waals surface area contributed by atoms with Gasteiger partial charge in [0, 0.05) is 18.2 Å². The molecule has 18 heavy (non-hydrogen) atoms. The van der Waals surface area contributed by atoms with E-state index in [2.05, 4.69) is 15.3 Å². The molecule has 0 saturated carbocycles. The van der Waals surface area contributed by atoms with E-state index in [0.717, 1.165) is 18.2 Å². The van der Waals surface area contributed by atoms with Crippen LogP contribution in [0.2, 0.25) is 0 Å². The summed E-state index contributed by atoms with van der Waals surface area (Å²) in [6.45, 7) is 1.82. The Bertz CT molecular complexity index is 552. The highest BCUT2D eigenvalue weighted by Gasteiger charge is 2.05. The standard InChI is InChI=1S/C12H12F2N4/c1-7-17-11(15)5-12(18-7)16-6-8-4-9(13)2-3-10(8)14/h2-5H,6H2,1H3,(H3,15,16,17,18). The van der Waals surface area contributed by atoms with Crippen LogP contribution in [0.15, 0.2) is 24.3 Å². The lowest BCUT2D eigenvalue weighted by Crippen LogP contribution is -2.06. The van der Waals surface area contributed by atoms with Crippen molar-refractivity contribution in [3.63, 3.8) is 0 Å². The predicted molar refractivity (Wildman–Crippen MR) is 64.9 cm³/mol. The van der Waals surface area contributed by atoms with Crippen molar-refractivity contribution in [2.24, 2.45) is 0 Å². The molecule has 0 spiro atoms.